The summed E-state index contributed by atoms with van der Waals surface area (Å²) in [5.74, 6) is -0.956. The number of nitrogens with zero attached hydrogens (tertiary/aromatic N) is 1. The highest BCUT2D eigenvalue weighted by atomic mass is 127. The molecule has 0 spiro atoms. The number of carbonyl (C=O) groups excluding carboxylic acids is 2. The molecule has 0 radical (unpaired) electrons. The van der Waals surface area contributed by atoms with Crippen molar-refractivity contribution in [1.29, 1.82) is 0 Å². The van der Waals surface area contributed by atoms with E-state index in [4.69, 9.17) is 0 Å². The highest BCUT2D eigenvalue weighted by Crippen LogP contribution is 2.61. The summed E-state index contributed by atoms with van der Waals surface area (Å²) in [6.07, 6.45) is 0. The van der Waals surface area contributed by atoms with Crippen LogP contribution in [0.5, 0.6) is 0 Å². The molecule has 1 fully saturated rings. The van der Waals surface area contributed by atoms with Gasteiger partial charge in [-0.1, -0.05) is 63.2 Å². The second kappa shape index (κ2) is 7.02. The van der Waals surface area contributed by atoms with E-state index in [2.05, 4.69) is 85.8 Å². The van der Waals surface area contributed by atoms with Crippen LogP contribution in [-0.2, 0) is 15.0 Å². The van der Waals surface area contributed by atoms with Gasteiger partial charge in [0.05, 0.1) is 17.5 Å². The van der Waals surface area contributed by atoms with E-state index in [1.54, 1.807) is 0 Å². The molecule has 33 heavy (non-hydrogen) atoms. The molecule has 1 heterocycles. The van der Waals surface area contributed by atoms with Crippen molar-refractivity contribution < 1.29 is 9.59 Å². The van der Waals surface area contributed by atoms with Crippen LogP contribution < -0.4 is 4.90 Å². The van der Waals surface area contributed by atoms with Crippen molar-refractivity contribution in [3.05, 3.63) is 97.6 Å². The Labute approximate surface area is 208 Å². The summed E-state index contributed by atoms with van der Waals surface area (Å²) in [7, 11) is 0. The van der Waals surface area contributed by atoms with E-state index in [0.29, 0.717) is 0 Å². The van der Waals surface area contributed by atoms with Crippen LogP contribution in [0, 0.1) is 22.3 Å². The maximum atomic E-state index is 14.0. The van der Waals surface area contributed by atoms with Crippen molar-refractivity contribution >= 4 is 40.1 Å². The fraction of sp³-hybridized carbons (Fsp3) is 0.310. The highest BCUT2D eigenvalue weighted by molar-refractivity contribution is 14.1. The minimum atomic E-state index is -0.348. The molecule has 4 heteroatoms. The van der Waals surface area contributed by atoms with E-state index in [0.717, 1.165) is 14.8 Å². The van der Waals surface area contributed by atoms with Gasteiger partial charge < -0.3 is 0 Å². The summed E-state index contributed by atoms with van der Waals surface area (Å²) in [5, 5.41) is 0. The maximum Gasteiger partial charge on any atom is 0.238 e. The number of benzene rings is 3. The lowest BCUT2D eigenvalue weighted by Crippen LogP contribution is -2.41. The Morgan fingerprint density at radius 1 is 0.758 bits per heavy atom. The topological polar surface area (TPSA) is 37.4 Å². The lowest BCUT2D eigenvalue weighted by molar-refractivity contribution is -0.122. The van der Waals surface area contributed by atoms with Crippen molar-refractivity contribution in [2.24, 2.45) is 11.8 Å². The summed E-state index contributed by atoms with van der Waals surface area (Å²) >= 11 is 2.27. The summed E-state index contributed by atoms with van der Waals surface area (Å²) < 4.78 is 1.10. The molecule has 4 aliphatic rings. The van der Waals surface area contributed by atoms with Gasteiger partial charge >= 0.3 is 0 Å². The van der Waals surface area contributed by atoms with Gasteiger partial charge in [-0.15, -0.1) is 0 Å². The number of imide groups is 1. The Kier molecular flexibility index (Phi) is 4.48. The third-order valence-corrected chi connectivity index (χ3v) is 8.48. The molecule has 3 aliphatic carbocycles. The largest absolute Gasteiger partial charge is 0.274 e. The van der Waals surface area contributed by atoms with Crippen LogP contribution in [0.4, 0.5) is 5.69 Å². The van der Waals surface area contributed by atoms with Gasteiger partial charge in [0.15, 0.2) is 0 Å². The van der Waals surface area contributed by atoms with E-state index in [1.807, 2.05) is 25.1 Å². The van der Waals surface area contributed by atoms with Gasteiger partial charge in [-0.2, -0.15) is 0 Å². The van der Waals surface area contributed by atoms with Crippen LogP contribution in [-0.4, -0.2) is 11.8 Å². The molecule has 1 aliphatic heterocycles. The fourth-order valence-corrected chi connectivity index (χ4v) is 6.95. The average Bonchev–Trinajstić information content (AvgIpc) is 3.04. The lowest BCUT2D eigenvalue weighted by Gasteiger charge is -2.46. The predicted molar refractivity (Wildman–Crippen MR) is 139 cm³/mol. The molecule has 3 aromatic carbocycles. The molecular formula is C29H26INO2. The van der Waals surface area contributed by atoms with Crippen molar-refractivity contribution in [3.63, 3.8) is 0 Å². The second-order valence-corrected chi connectivity index (χ2v) is 11.9. The molecule has 3 aromatic rings. The molecule has 0 saturated carbocycles. The molecule has 1 saturated heterocycles. The van der Waals surface area contributed by atoms with Crippen molar-refractivity contribution in [3.8, 4) is 0 Å². The first-order valence-corrected chi connectivity index (χ1v) is 12.6. The van der Waals surface area contributed by atoms with Gasteiger partial charge in [0.1, 0.15) is 0 Å². The zero-order valence-corrected chi connectivity index (χ0v) is 21.4. The number of amides is 2. The smallest absolute Gasteiger partial charge is 0.238 e. The Morgan fingerprint density at radius 2 is 1.33 bits per heavy atom. The molecule has 3 nitrogen and oxygen atoms in total. The number of carbonyl (C=O) groups is 2. The summed E-state index contributed by atoms with van der Waals surface area (Å²) in [4.78, 5) is 29.4. The number of rotatable bonds is 1. The van der Waals surface area contributed by atoms with Crippen molar-refractivity contribution in [1.82, 2.24) is 0 Å². The monoisotopic (exact) mass is 547 g/mol. The average molecular weight is 547 g/mol. The SMILES string of the molecule is Cc1cc(I)ccc1N1C(=O)[C@@H]2[C@@H]3c4ccccc4[C@H](c4cc(C(C)(C)C)ccc43)[C@H]2C1=O. The van der Waals surface area contributed by atoms with Crippen LogP contribution in [0.1, 0.15) is 66.0 Å². The third kappa shape index (κ3) is 2.86. The molecule has 0 aromatic heterocycles. The van der Waals surface area contributed by atoms with E-state index in [1.165, 1.54) is 32.7 Å². The lowest BCUT2D eigenvalue weighted by atomic mass is 9.54. The number of halogens is 1. The normalized spacial score (nSPS) is 25.2. The first kappa shape index (κ1) is 21.1. The molecular weight excluding hydrogens is 521 g/mol. The van der Waals surface area contributed by atoms with Gasteiger partial charge in [0, 0.05) is 15.4 Å². The van der Waals surface area contributed by atoms with Gasteiger partial charge in [-0.25, -0.2) is 4.90 Å². The van der Waals surface area contributed by atoms with Gasteiger partial charge in [-0.3, -0.25) is 9.59 Å². The summed E-state index contributed by atoms with van der Waals surface area (Å²) in [5.41, 5.74) is 7.84. The van der Waals surface area contributed by atoms with E-state index in [9.17, 15) is 9.59 Å². The van der Waals surface area contributed by atoms with Crippen molar-refractivity contribution in [2.45, 2.75) is 44.9 Å². The molecule has 166 valence electrons. The van der Waals surface area contributed by atoms with Gasteiger partial charge in [-0.05, 0) is 86.5 Å². The summed E-state index contributed by atoms with van der Waals surface area (Å²) in [6.45, 7) is 8.64. The molecule has 4 atom stereocenters. The fourth-order valence-electron chi connectivity index (χ4n) is 6.30. The van der Waals surface area contributed by atoms with Crippen molar-refractivity contribution in [2.75, 3.05) is 4.90 Å². The molecule has 2 amide bonds. The van der Waals surface area contributed by atoms with E-state index >= 15 is 0 Å². The minimum absolute atomic E-state index is 0.0183. The zero-order valence-electron chi connectivity index (χ0n) is 19.2. The Bertz CT molecular complexity index is 1350. The van der Waals surface area contributed by atoms with E-state index in [-0.39, 0.29) is 40.9 Å². The number of aryl methyl sites for hydroxylation is 1. The molecule has 0 unspecified atom stereocenters. The van der Waals surface area contributed by atoms with E-state index < -0.39 is 0 Å². The highest BCUT2D eigenvalue weighted by Gasteiger charge is 2.62. The number of hydrogen-bond donors (Lipinski definition) is 0. The van der Waals surface area contributed by atoms with Crippen LogP contribution in [0.15, 0.2) is 60.7 Å². The third-order valence-electron chi connectivity index (χ3n) is 7.81. The number of hydrogen-bond acceptors (Lipinski definition) is 2. The molecule has 0 N–H and O–H groups in total. The minimum Gasteiger partial charge on any atom is -0.274 e. The first-order chi connectivity index (χ1) is 15.7. The van der Waals surface area contributed by atoms with Gasteiger partial charge in [0.2, 0.25) is 11.8 Å². The predicted octanol–water partition coefficient (Wildman–Crippen LogP) is 6.29. The Balaban J connectivity index is 1.56. The maximum absolute atomic E-state index is 14.0. The standard InChI is InChI=1S/C29H26INO2/c1-15-13-17(30)10-12-22(15)31-27(32)25-23-18-7-5-6-8-19(18)24(26(25)28(31)33)21-14-16(29(2,3)4)9-11-20(21)23/h5-14,23-26H,1-4H3/t23-,24-,25-,26-/m1/s1. The van der Waals surface area contributed by atoms with Crippen LogP contribution in [0.25, 0.3) is 0 Å². The molecule has 2 bridgehead atoms. The Morgan fingerprint density at radius 3 is 1.91 bits per heavy atom. The summed E-state index contributed by atoms with van der Waals surface area (Å²) in [6, 6.07) is 21.1. The van der Waals surface area contributed by atoms with Crippen LogP contribution >= 0.6 is 22.6 Å². The first-order valence-electron chi connectivity index (χ1n) is 11.6. The second-order valence-electron chi connectivity index (χ2n) is 10.7. The quantitative estimate of drug-likeness (QED) is 0.265. The van der Waals surface area contributed by atoms with Crippen LogP contribution in [0.3, 0.4) is 0 Å². The molecule has 7 rings (SSSR count). The van der Waals surface area contributed by atoms with Crippen LogP contribution in [0.2, 0.25) is 0 Å². The zero-order chi connectivity index (χ0) is 23.2. The number of anilines is 1. The van der Waals surface area contributed by atoms with Gasteiger partial charge in [0.25, 0.3) is 0 Å². The Hall–Kier alpha value is -2.47.